The van der Waals surface area contributed by atoms with Crippen molar-refractivity contribution in [2.24, 2.45) is 7.05 Å². The third-order valence-electron chi connectivity index (χ3n) is 4.50. The SMILES string of the molecule is Cc1ccc(-c2nc(-c3ccccc3)c(-c3ccccc3)n2C)cc1. The van der Waals surface area contributed by atoms with Gasteiger partial charge in [-0.1, -0.05) is 90.5 Å². The highest BCUT2D eigenvalue weighted by Gasteiger charge is 2.18. The fraction of sp³-hybridized carbons (Fsp3) is 0.0870. The van der Waals surface area contributed by atoms with Gasteiger partial charge in [0.05, 0.1) is 11.4 Å². The molecule has 3 aromatic carbocycles. The van der Waals surface area contributed by atoms with Crippen LogP contribution in [0.5, 0.6) is 0 Å². The molecule has 0 spiro atoms. The number of imidazole rings is 1. The fourth-order valence-electron chi connectivity index (χ4n) is 3.18. The van der Waals surface area contributed by atoms with Crippen LogP contribution in [0.3, 0.4) is 0 Å². The molecule has 1 aromatic heterocycles. The van der Waals surface area contributed by atoms with Crippen molar-refractivity contribution < 1.29 is 0 Å². The van der Waals surface area contributed by atoms with E-state index in [0.717, 1.165) is 28.3 Å². The molecule has 0 radical (unpaired) electrons. The number of rotatable bonds is 3. The largest absolute Gasteiger partial charge is 0.327 e. The van der Waals surface area contributed by atoms with Crippen molar-refractivity contribution in [3.63, 3.8) is 0 Å². The van der Waals surface area contributed by atoms with Crippen LogP contribution in [0.15, 0.2) is 84.9 Å². The van der Waals surface area contributed by atoms with Gasteiger partial charge in [0.1, 0.15) is 5.82 Å². The predicted molar refractivity (Wildman–Crippen MR) is 104 cm³/mol. The Morgan fingerprint density at radius 3 is 1.80 bits per heavy atom. The maximum absolute atomic E-state index is 5.02. The van der Waals surface area contributed by atoms with Gasteiger partial charge in [0, 0.05) is 23.7 Å². The van der Waals surface area contributed by atoms with Crippen molar-refractivity contribution in [3.05, 3.63) is 90.5 Å². The van der Waals surface area contributed by atoms with Gasteiger partial charge in [0.15, 0.2) is 0 Å². The normalized spacial score (nSPS) is 10.8. The highest BCUT2D eigenvalue weighted by molar-refractivity contribution is 5.82. The zero-order chi connectivity index (χ0) is 17.2. The zero-order valence-electron chi connectivity index (χ0n) is 14.5. The Hall–Kier alpha value is -3.13. The van der Waals surface area contributed by atoms with Crippen molar-refractivity contribution in [2.45, 2.75) is 6.92 Å². The van der Waals surface area contributed by atoms with Crippen LogP contribution < -0.4 is 0 Å². The van der Waals surface area contributed by atoms with E-state index in [0.29, 0.717) is 0 Å². The second-order valence-corrected chi connectivity index (χ2v) is 6.29. The summed E-state index contributed by atoms with van der Waals surface area (Å²) in [6.45, 7) is 2.10. The lowest BCUT2D eigenvalue weighted by atomic mass is 10.1. The summed E-state index contributed by atoms with van der Waals surface area (Å²) in [4.78, 5) is 5.02. The van der Waals surface area contributed by atoms with Crippen molar-refractivity contribution in [1.82, 2.24) is 9.55 Å². The minimum atomic E-state index is 0.984. The van der Waals surface area contributed by atoms with Gasteiger partial charge >= 0.3 is 0 Å². The number of nitrogens with zero attached hydrogens (tertiary/aromatic N) is 2. The molecule has 0 saturated carbocycles. The zero-order valence-corrected chi connectivity index (χ0v) is 14.5. The number of aromatic nitrogens is 2. The van der Waals surface area contributed by atoms with Crippen molar-refractivity contribution in [1.29, 1.82) is 0 Å². The molecule has 0 aliphatic rings. The van der Waals surface area contributed by atoms with E-state index in [1.165, 1.54) is 11.1 Å². The van der Waals surface area contributed by atoms with Crippen molar-refractivity contribution in [3.8, 4) is 33.9 Å². The Kier molecular flexibility index (Phi) is 3.95. The summed E-state index contributed by atoms with van der Waals surface area (Å²) >= 11 is 0. The number of hydrogen-bond acceptors (Lipinski definition) is 1. The van der Waals surface area contributed by atoms with E-state index in [-0.39, 0.29) is 0 Å². The van der Waals surface area contributed by atoms with Gasteiger partial charge in [0.2, 0.25) is 0 Å². The lowest BCUT2D eigenvalue weighted by molar-refractivity contribution is 0.933. The second kappa shape index (κ2) is 6.40. The molecule has 25 heavy (non-hydrogen) atoms. The van der Waals surface area contributed by atoms with Gasteiger partial charge in [-0.05, 0) is 6.92 Å². The summed E-state index contributed by atoms with van der Waals surface area (Å²) in [6.07, 6.45) is 0. The third-order valence-corrected chi connectivity index (χ3v) is 4.50. The standard InChI is InChI=1S/C23H20N2/c1-17-13-15-20(16-14-17)23-24-21(18-9-5-3-6-10-18)22(25(23)2)19-11-7-4-8-12-19/h3-16H,1-2H3. The molecule has 2 nitrogen and oxygen atoms in total. The minimum Gasteiger partial charge on any atom is -0.327 e. The monoisotopic (exact) mass is 324 g/mol. The molecule has 0 fully saturated rings. The van der Waals surface area contributed by atoms with E-state index in [1.54, 1.807) is 0 Å². The van der Waals surface area contributed by atoms with Crippen LogP contribution in [0.1, 0.15) is 5.56 Å². The molecule has 0 amide bonds. The number of hydrogen-bond donors (Lipinski definition) is 0. The first-order chi connectivity index (χ1) is 12.2. The maximum Gasteiger partial charge on any atom is 0.140 e. The Bertz CT molecular complexity index is 982. The Balaban J connectivity index is 1.97. The first-order valence-corrected chi connectivity index (χ1v) is 8.48. The van der Waals surface area contributed by atoms with Crippen LogP contribution in [0.4, 0.5) is 0 Å². The van der Waals surface area contributed by atoms with Crippen LogP contribution in [-0.4, -0.2) is 9.55 Å². The number of benzene rings is 3. The lowest BCUT2D eigenvalue weighted by Gasteiger charge is -2.08. The average molecular weight is 324 g/mol. The Labute approximate surface area is 148 Å². The highest BCUT2D eigenvalue weighted by atomic mass is 15.1. The van der Waals surface area contributed by atoms with Gasteiger partial charge in [-0.2, -0.15) is 0 Å². The molecule has 0 aliphatic carbocycles. The minimum absolute atomic E-state index is 0.984. The first-order valence-electron chi connectivity index (χ1n) is 8.48. The third kappa shape index (κ3) is 2.87. The topological polar surface area (TPSA) is 17.8 Å². The molecule has 1 heterocycles. The molecule has 4 rings (SSSR count). The van der Waals surface area contributed by atoms with Gasteiger partial charge in [-0.3, -0.25) is 0 Å². The van der Waals surface area contributed by atoms with Crippen LogP contribution >= 0.6 is 0 Å². The summed E-state index contributed by atoms with van der Waals surface area (Å²) in [5, 5.41) is 0. The molecule has 0 saturated heterocycles. The van der Waals surface area contributed by atoms with Crippen molar-refractivity contribution >= 4 is 0 Å². The summed E-state index contributed by atoms with van der Waals surface area (Å²) in [7, 11) is 2.09. The summed E-state index contributed by atoms with van der Waals surface area (Å²) in [6, 6.07) is 29.4. The van der Waals surface area contributed by atoms with Gasteiger partial charge < -0.3 is 4.57 Å². The maximum atomic E-state index is 5.02. The van der Waals surface area contributed by atoms with Crippen LogP contribution in [0.2, 0.25) is 0 Å². The molecule has 2 heteroatoms. The molecule has 0 atom stereocenters. The Morgan fingerprint density at radius 1 is 0.640 bits per heavy atom. The summed E-state index contributed by atoms with van der Waals surface area (Å²) in [5.74, 6) is 0.984. The van der Waals surface area contributed by atoms with Crippen LogP contribution in [-0.2, 0) is 7.05 Å². The quantitative estimate of drug-likeness (QED) is 0.470. The highest BCUT2D eigenvalue weighted by Crippen LogP contribution is 2.35. The molecular weight excluding hydrogens is 304 g/mol. The molecule has 0 aliphatic heterocycles. The fourth-order valence-corrected chi connectivity index (χ4v) is 3.18. The molecule has 4 aromatic rings. The van der Waals surface area contributed by atoms with Crippen LogP contribution in [0.25, 0.3) is 33.9 Å². The lowest BCUT2D eigenvalue weighted by Crippen LogP contribution is -1.95. The molecule has 0 N–H and O–H groups in total. The smallest absolute Gasteiger partial charge is 0.140 e. The van der Waals surface area contributed by atoms with Crippen LogP contribution in [0, 0.1) is 6.92 Å². The van der Waals surface area contributed by atoms with Crippen molar-refractivity contribution in [2.75, 3.05) is 0 Å². The molecular formula is C23H20N2. The van der Waals surface area contributed by atoms with Gasteiger partial charge in [-0.25, -0.2) is 4.98 Å². The van der Waals surface area contributed by atoms with E-state index < -0.39 is 0 Å². The average Bonchev–Trinajstić information content (AvgIpc) is 3.01. The predicted octanol–water partition coefficient (Wildman–Crippen LogP) is 5.73. The van der Waals surface area contributed by atoms with E-state index in [2.05, 4.69) is 91.3 Å². The number of aryl methyl sites for hydroxylation is 1. The van der Waals surface area contributed by atoms with E-state index in [1.807, 2.05) is 12.1 Å². The summed E-state index contributed by atoms with van der Waals surface area (Å²) in [5.41, 5.74) is 6.86. The Morgan fingerprint density at radius 2 is 1.20 bits per heavy atom. The van der Waals surface area contributed by atoms with E-state index in [4.69, 9.17) is 4.98 Å². The van der Waals surface area contributed by atoms with Gasteiger partial charge in [-0.15, -0.1) is 0 Å². The summed E-state index contributed by atoms with van der Waals surface area (Å²) < 4.78 is 2.20. The molecule has 122 valence electrons. The first kappa shape index (κ1) is 15.4. The molecule has 0 unspecified atom stereocenters. The van der Waals surface area contributed by atoms with E-state index in [9.17, 15) is 0 Å². The van der Waals surface area contributed by atoms with E-state index >= 15 is 0 Å². The van der Waals surface area contributed by atoms with Gasteiger partial charge in [0.25, 0.3) is 0 Å². The molecule has 0 bridgehead atoms. The second-order valence-electron chi connectivity index (χ2n) is 6.29.